The molecule has 5 heteroatoms. The first-order valence-corrected chi connectivity index (χ1v) is 5.26. The molecular formula is C11H22N2O3. The molecule has 0 aliphatic heterocycles. The number of esters is 1. The highest BCUT2D eigenvalue weighted by atomic mass is 16.6. The lowest BCUT2D eigenvalue weighted by molar-refractivity contribution is -0.164. The molecule has 0 amide bonds. The van der Waals surface area contributed by atoms with Gasteiger partial charge in [0, 0.05) is 12.2 Å². The first-order chi connectivity index (χ1) is 7.35. The minimum absolute atomic E-state index is 0.262. The first kappa shape index (κ1) is 14.8. The van der Waals surface area contributed by atoms with E-state index in [0.29, 0.717) is 5.70 Å². The Bertz CT molecular complexity index is 268. The Balaban J connectivity index is 4.42. The van der Waals surface area contributed by atoms with E-state index in [9.17, 15) is 4.79 Å². The van der Waals surface area contributed by atoms with Gasteiger partial charge in [-0.3, -0.25) is 0 Å². The number of rotatable bonds is 6. The fraction of sp³-hybridized carbons (Fsp3) is 0.727. The smallest absolute Gasteiger partial charge is 0.337 e. The summed E-state index contributed by atoms with van der Waals surface area (Å²) in [4.78, 5) is 11.4. The number of methoxy groups -OCH3 is 1. The van der Waals surface area contributed by atoms with Gasteiger partial charge in [0.1, 0.15) is 0 Å². The zero-order valence-corrected chi connectivity index (χ0v) is 10.7. The van der Waals surface area contributed by atoms with Gasteiger partial charge >= 0.3 is 5.97 Å². The molecule has 0 radical (unpaired) electrons. The van der Waals surface area contributed by atoms with Gasteiger partial charge in [-0.2, -0.15) is 0 Å². The summed E-state index contributed by atoms with van der Waals surface area (Å²) in [6.45, 7) is 8.09. The van der Waals surface area contributed by atoms with Crippen molar-refractivity contribution in [2.45, 2.75) is 33.3 Å². The highest BCUT2D eigenvalue weighted by Crippen LogP contribution is 2.12. The summed E-state index contributed by atoms with van der Waals surface area (Å²) < 4.78 is 10.1. The zero-order valence-electron chi connectivity index (χ0n) is 10.7. The van der Waals surface area contributed by atoms with Crippen LogP contribution in [0, 0.1) is 0 Å². The highest BCUT2D eigenvalue weighted by Gasteiger charge is 2.29. The molecule has 0 unspecified atom stereocenters. The van der Waals surface area contributed by atoms with E-state index >= 15 is 0 Å². The largest absolute Gasteiger partial charge is 0.467 e. The molecular weight excluding hydrogens is 208 g/mol. The van der Waals surface area contributed by atoms with Crippen LogP contribution in [0.2, 0.25) is 0 Å². The molecule has 0 saturated carbocycles. The summed E-state index contributed by atoms with van der Waals surface area (Å²) in [5, 5.41) is 3.09. The summed E-state index contributed by atoms with van der Waals surface area (Å²) in [5.74, 6) is -0.405. The maximum Gasteiger partial charge on any atom is 0.337 e. The van der Waals surface area contributed by atoms with Gasteiger partial charge in [0.05, 0.1) is 19.4 Å². The number of carbonyl (C=O) groups is 1. The molecule has 0 saturated heterocycles. The van der Waals surface area contributed by atoms with E-state index in [1.807, 2.05) is 6.92 Å². The molecule has 0 atom stereocenters. The van der Waals surface area contributed by atoms with Crippen LogP contribution < -0.4 is 11.1 Å². The summed E-state index contributed by atoms with van der Waals surface area (Å²) in [6.07, 6.45) is 0. The lowest BCUT2D eigenvalue weighted by Crippen LogP contribution is -2.38. The number of likely N-dealkylation sites (N-methyl/N-ethyl adjacent to an activating group) is 1. The van der Waals surface area contributed by atoms with Crippen LogP contribution in [0.5, 0.6) is 0 Å². The van der Waals surface area contributed by atoms with Crippen molar-refractivity contribution < 1.29 is 14.3 Å². The van der Waals surface area contributed by atoms with Crippen LogP contribution in [0.4, 0.5) is 0 Å². The average Bonchev–Trinajstić information content (AvgIpc) is 2.22. The second kappa shape index (κ2) is 6.37. The number of nitrogens with two attached hydrogens (primary N) is 1. The predicted octanol–water partition coefficient (Wildman–Crippen LogP) is 0.754. The Morgan fingerprint density at radius 3 is 2.38 bits per heavy atom. The Morgan fingerprint density at radius 2 is 2.00 bits per heavy atom. The number of nitrogens with one attached hydrogen (secondary N) is 1. The van der Waals surface area contributed by atoms with Gasteiger partial charge in [-0.1, -0.05) is 0 Å². The van der Waals surface area contributed by atoms with Gasteiger partial charge < -0.3 is 20.5 Å². The van der Waals surface area contributed by atoms with Crippen LogP contribution in [0.25, 0.3) is 0 Å². The summed E-state index contributed by atoms with van der Waals surface area (Å²) in [6, 6.07) is 0. The monoisotopic (exact) mass is 230 g/mol. The van der Waals surface area contributed by atoms with Crippen molar-refractivity contribution in [2.24, 2.45) is 5.73 Å². The Hall–Kier alpha value is -1.23. The van der Waals surface area contributed by atoms with Crippen LogP contribution in [0.1, 0.15) is 27.7 Å². The SMILES string of the molecule is CCN/C(COC(C)(C)C(=O)OC)=C(/C)N. The summed E-state index contributed by atoms with van der Waals surface area (Å²) in [5.41, 5.74) is 6.16. The zero-order chi connectivity index (χ0) is 12.8. The Labute approximate surface area is 97.0 Å². The van der Waals surface area contributed by atoms with Crippen molar-refractivity contribution in [3.8, 4) is 0 Å². The molecule has 0 rings (SSSR count). The molecule has 5 nitrogen and oxygen atoms in total. The molecule has 0 aliphatic carbocycles. The molecule has 16 heavy (non-hydrogen) atoms. The molecule has 0 fully saturated rings. The first-order valence-electron chi connectivity index (χ1n) is 5.26. The molecule has 0 spiro atoms. The van der Waals surface area contributed by atoms with Crippen LogP contribution in [0.3, 0.4) is 0 Å². The molecule has 0 aromatic rings. The van der Waals surface area contributed by atoms with Crippen LogP contribution in [0.15, 0.2) is 11.4 Å². The maximum atomic E-state index is 11.4. The third-order valence-electron chi connectivity index (χ3n) is 2.12. The minimum atomic E-state index is -0.967. The van der Waals surface area contributed by atoms with Gasteiger partial charge in [-0.25, -0.2) is 4.79 Å². The fourth-order valence-corrected chi connectivity index (χ4v) is 1.07. The Kier molecular flexibility index (Phi) is 5.88. The standard InChI is InChI=1S/C11H22N2O3/c1-6-13-9(8(2)12)7-16-11(3,4)10(14)15-5/h13H,6-7,12H2,1-5H3/b9-8-. The third-order valence-corrected chi connectivity index (χ3v) is 2.12. The lowest BCUT2D eigenvalue weighted by atomic mass is 10.1. The van der Waals surface area contributed by atoms with Crippen LogP contribution in [-0.2, 0) is 14.3 Å². The average molecular weight is 230 g/mol. The highest BCUT2D eigenvalue weighted by molar-refractivity contribution is 5.78. The van der Waals surface area contributed by atoms with Gasteiger partial charge in [-0.05, 0) is 27.7 Å². The second-order valence-electron chi connectivity index (χ2n) is 3.98. The van der Waals surface area contributed by atoms with E-state index in [1.165, 1.54) is 7.11 Å². The number of ether oxygens (including phenoxy) is 2. The molecule has 3 N–H and O–H groups in total. The van der Waals surface area contributed by atoms with E-state index in [1.54, 1.807) is 20.8 Å². The molecule has 0 heterocycles. The van der Waals surface area contributed by atoms with E-state index in [0.717, 1.165) is 12.2 Å². The summed E-state index contributed by atoms with van der Waals surface area (Å²) in [7, 11) is 1.34. The number of hydrogen-bond donors (Lipinski definition) is 2. The van der Waals surface area contributed by atoms with Crippen molar-refractivity contribution in [2.75, 3.05) is 20.3 Å². The van der Waals surface area contributed by atoms with Gasteiger partial charge in [-0.15, -0.1) is 0 Å². The van der Waals surface area contributed by atoms with E-state index < -0.39 is 11.6 Å². The molecule has 0 bridgehead atoms. The molecule has 94 valence electrons. The van der Waals surface area contributed by atoms with Gasteiger partial charge in [0.25, 0.3) is 0 Å². The molecule has 0 aliphatic rings. The van der Waals surface area contributed by atoms with E-state index in [4.69, 9.17) is 10.5 Å². The quantitative estimate of drug-likeness (QED) is 0.659. The van der Waals surface area contributed by atoms with Crippen molar-refractivity contribution in [3.05, 3.63) is 11.4 Å². The third kappa shape index (κ3) is 4.53. The van der Waals surface area contributed by atoms with Crippen molar-refractivity contribution in [1.29, 1.82) is 0 Å². The second-order valence-corrected chi connectivity index (χ2v) is 3.98. The topological polar surface area (TPSA) is 73.6 Å². The fourth-order valence-electron chi connectivity index (χ4n) is 1.07. The lowest BCUT2D eigenvalue weighted by Gasteiger charge is -2.23. The maximum absolute atomic E-state index is 11.4. The normalized spacial score (nSPS) is 13.1. The van der Waals surface area contributed by atoms with Gasteiger partial charge in [0.15, 0.2) is 5.60 Å². The van der Waals surface area contributed by atoms with Crippen LogP contribution in [-0.4, -0.2) is 31.8 Å². The molecule has 0 aromatic carbocycles. The van der Waals surface area contributed by atoms with E-state index in [2.05, 4.69) is 10.1 Å². The number of hydrogen-bond acceptors (Lipinski definition) is 5. The summed E-state index contributed by atoms with van der Waals surface area (Å²) >= 11 is 0. The molecule has 0 aromatic heterocycles. The van der Waals surface area contributed by atoms with Gasteiger partial charge in [0.2, 0.25) is 0 Å². The number of allylic oxidation sites excluding steroid dienone is 1. The van der Waals surface area contributed by atoms with Crippen molar-refractivity contribution >= 4 is 5.97 Å². The predicted molar refractivity (Wildman–Crippen MR) is 62.6 cm³/mol. The van der Waals surface area contributed by atoms with E-state index in [-0.39, 0.29) is 6.61 Å². The number of carbonyl (C=O) groups excluding carboxylic acids is 1. The van der Waals surface area contributed by atoms with Crippen LogP contribution >= 0.6 is 0 Å². The van der Waals surface area contributed by atoms with Crippen molar-refractivity contribution in [1.82, 2.24) is 5.32 Å². The minimum Gasteiger partial charge on any atom is -0.467 e. The van der Waals surface area contributed by atoms with Crippen molar-refractivity contribution in [3.63, 3.8) is 0 Å². The Morgan fingerprint density at radius 1 is 1.44 bits per heavy atom.